The Bertz CT molecular complexity index is 1350. The van der Waals surface area contributed by atoms with Crippen molar-refractivity contribution in [2.75, 3.05) is 0 Å². The van der Waals surface area contributed by atoms with Crippen molar-refractivity contribution < 1.29 is 13.2 Å². The fourth-order valence-corrected chi connectivity index (χ4v) is 4.52. The van der Waals surface area contributed by atoms with E-state index in [0.717, 1.165) is 0 Å². The molecule has 8 heteroatoms. The highest BCUT2D eigenvalue weighted by atomic mass is 35.5. The summed E-state index contributed by atoms with van der Waals surface area (Å²) >= 11 is 5.88. The molecule has 150 valence electrons. The van der Waals surface area contributed by atoms with Gasteiger partial charge in [0.15, 0.2) is 0 Å². The van der Waals surface area contributed by atoms with Crippen molar-refractivity contribution in [2.45, 2.75) is 4.90 Å². The first-order valence-electron chi connectivity index (χ1n) is 8.96. The summed E-state index contributed by atoms with van der Waals surface area (Å²) in [4.78, 5) is 12.3. The van der Waals surface area contributed by atoms with E-state index >= 15 is 0 Å². The van der Waals surface area contributed by atoms with E-state index < -0.39 is 10.0 Å². The molecule has 3 aromatic carbocycles. The molecule has 0 aliphatic carbocycles. The fraction of sp³-hybridized carbons (Fsp3) is 0. The number of fused-ring (bicyclic) bond motifs is 1. The van der Waals surface area contributed by atoms with Crippen molar-refractivity contribution in [3.05, 3.63) is 101 Å². The lowest BCUT2D eigenvalue weighted by molar-refractivity contribution is 0.0955. The maximum atomic E-state index is 13.1. The van der Waals surface area contributed by atoms with E-state index in [1.807, 2.05) is 12.1 Å². The molecule has 1 N–H and O–H groups in total. The van der Waals surface area contributed by atoms with Crippen LogP contribution in [0.15, 0.2) is 95.1 Å². The number of hydrogen-bond donors (Lipinski definition) is 1. The smallest absolute Gasteiger partial charge is 0.267 e. The number of carbonyl (C=O) groups excluding carboxylic acids is 1. The van der Waals surface area contributed by atoms with Gasteiger partial charge in [0.05, 0.1) is 16.6 Å². The zero-order chi connectivity index (χ0) is 21.1. The largest absolute Gasteiger partial charge is 0.271 e. The summed E-state index contributed by atoms with van der Waals surface area (Å²) in [7, 11) is -3.84. The highest BCUT2D eigenvalue weighted by molar-refractivity contribution is 7.90. The van der Waals surface area contributed by atoms with Crippen LogP contribution in [-0.4, -0.2) is 24.5 Å². The van der Waals surface area contributed by atoms with Crippen molar-refractivity contribution in [1.82, 2.24) is 9.40 Å². The number of hydrogen-bond acceptors (Lipinski definition) is 4. The van der Waals surface area contributed by atoms with E-state index in [1.165, 1.54) is 40.6 Å². The molecule has 0 spiro atoms. The van der Waals surface area contributed by atoms with Crippen LogP contribution < -0.4 is 5.43 Å². The number of para-hydroxylation sites is 1. The molecule has 0 aliphatic heterocycles. The number of nitrogens with zero attached hydrogens (tertiary/aromatic N) is 2. The first kappa shape index (κ1) is 19.9. The van der Waals surface area contributed by atoms with Crippen molar-refractivity contribution in [3.8, 4) is 0 Å². The minimum Gasteiger partial charge on any atom is -0.267 e. The fourth-order valence-electron chi connectivity index (χ4n) is 3.01. The van der Waals surface area contributed by atoms with Gasteiger partial charge in [-0.15, -0.1) is 0 Å². The van der Waals surface area contributed by atoms with Crippen LogP contribution in [0.2, 0.25) is 5.02 Å². The highest BCUT2D eigenvalue weighted by Crippen LogP contribution is 2.25. The number of halogens is 1. The second kappa shape index (κ2) is 8.14. The van der Waals surface area contributed by atoms with Crippen LogP contribution in [0.25, 0.3) is 10.9 Å². The van der Waals surface area contributed by atoms with Crippen molar-refractivity contribution in [2.24, 2.45) is 5.10 Å². The predicted molar refractivity (Wildman–Crippen MR) is 117 cm³/mol. The third-order valence-corrected chi connectivity index (χ3v) is 6.42. The molecule has 1 amide bonds. The van der Waals surface area contributed by atoms with E-state index in [-0.39, 0.29) is 10.8 Å². The molecular formula is C22H16ClN3O3S. The summed E-state index contributed by atoms with van der Waals surface area (Å²) in [6.07, 6.45) is 2.91. The number of carbonyl (C=O) groups is 1. The molecule has 1 aromatic heterocycles. The Kier molecular flexibility index (Phi) is 5.39. The van der Waals surface area contributed by atoms with E-state index in [0.29, 0.717) is 27.1 Å². The number of benzene rings is 3. The molecule has 0 atom stereocenters. The Hall–Kier alpha value is -3.42. The van der Waals surface area contributed by atoms with Crippen molar-refractivity contribution in [1.29, 1.82) is 0 Å². The molecule has 0 fully saturated rings. The van der Waals surface area contributed by atoms with Crippen LogP contribution in [0.3, 0.4) is 0 Å². The Morgan fingerprint density at radius 1 is 0.933 bits per heavy atom. The van der Waals surface area contributed by atoms with Crippen LogP contribution in [0.1, 0.15) is 15.9 Å². The zero-order valence-electron chi connectivity index (χ0n) is 15.6. The molecule has 0 saturated carbocycles. The van der Waals surface area contributed by atoms with Gasteiger partial charge in [0.1, 0.15) is 0 Å². The molecule has 4 aromatic rings. The molecule has 1 heterocycles. The van der Waals surface area contributed by atoms with Crippen LogP contribution >= 0.6 is 11.6 Å². The second-order valence-electron chi connectivity index (χ2n) is 6.42. The molecule has 4 rings (SSSR count). The minimum absolute atomic E-state index is 0.119. The van der Waals surface area contributed by atoms with Gasteiger partial charge in [0.2, 0.25) is 0 Å². The maximum Gasteiger partial charge on any atom is 0.271 e. The van der Waals surface area contributed by atoms with Gasteiger partial charge in [0.25, 0.3) is 15.9 Å². The third-order valence-electron chi connectivity index (χ3n) is 4.48. The number of rotatable bonds is 5. The van der Waals surface area contributed by atoms with Gasteiger partial charge < -0.3 is 0 Å². The van der Waals surface area contributed by atoms with Gasteiger partial charge in [-0.3, -0.25) is 4.79 Å². The molecular weight excluding hydrogens is 422 g/mol. The van der Waals surface area contributed by atoms with E-state index in [1.54, 1.807) is 42.5 Å². The standard InChI is InChI=1S/C22H16ClN3O3S/c23-18-10-12-19(13-11-18)30(28,29)26-15-17(20-8-4-5-9-21(20)26)14-24-25-22(27)16-6-2-1-3-7-16/h1-15H,(H,25,27)/b24-14+. The molecule has 0 radical (unpaired) electrons. The SMILES string of the molecule is O=C(N/N=C/c1cn(S(=O)(=O)c2ccc(Cl)cc2)c2ccccc12)c1ccccc1. The summed E-state index contributed by atoms with van der Waals surface area (Å²) in [6.45, 7) is 0. The normalized spacial score (nSPS) is 11.8. The number of amides is 1. The first-order chi connectivity index (χ1) is 14.5. The van der Waals surface area contributed by atoms with Crippen LogP contribution in [0, 0.1) is 0 Å². The topological polar surface area (TPSA) is 80.5 Å². The summed E-state index contributed by atoms with van der Waals surface area (Å²) in [5.41, 5.74) is 3.98. The van der Waals surface area contributed by atoms with E-state index in [4.69, 9.17) is 11.6 Å². The lowest BCUT2D eigenvalue weighted by Crippen LogP contribution is -2.17. The summed E-state index contributed by atoms with van der Waals surface area (Å²) in [6, 6.07) is 21.7. The van der Waals surface area contributed by atoms with E-state index in [9.17, 15) is 13.2 Å². The Balaban J connectivity index is 1.69. The highest BCUT2D eigenvalue weighted by Gasteiger charge is 2.20. The summed E-state index contributed by atoms with van der Waals surface area (Å²) in [5, 5.41) is 5.14. The summed E-state index contributed by atoms with van der Waals surface area (Å²) < 4.78 is 27.5. The molecule has 0 saturated heterocycles. The Morgan fingerprint density at radius 3 is 2.33 bits per heavy atom. The molecule has 30 heavy (non-hydrogen) atoms. The maximum absolute atomic E-state index is 13.1. The first-order valence-corrected chi connectivity index (χ1v) is 10.8. The summed E-state index contributed by atoms with van der Waals surface area (Å²) in [5.74, 6) is -0.357. The number of aromatic nitrogens is 1. The predicted octanol–water partition coefficient (Wildman–Crippen LogP) is 4.30. The van der Waals surface area contributed by atoms with Crippen molar-refractivity contribution >= 4 is 44.6 Å². The van der Waals surface area contributed by atoms with Crippen LogP contribution in [0.4, 0.5) is 0 Å². The van der Waals surface area contributed by atoms with Gasteiger partial charge in [-0.25, -0.2) is 17.8 Å². The lowest BCUT2D eigenvalue weighted by Gasteiger charge is -2.07. The van der Waals surface area contributed by atoms with E-state index in [2.05, 4.69) is 10.5 Å². The average molecular weight is 438 g/mol. The quantitative estimate of drug-likeness (QED) is 0.373. The molecule has 0 unspecified atom stereocenters. The minimum atomic E-state index is -3.84. The van der Waals surface area contributed by atoms with Crippen molar-refractivity contribution in [3.63, 3.8) is 0 Å². The second-order valence-corrected chi connectivity index (χ2v) is 8.67. The Morgan fingerprint density at radius 2 is 1.60 bits per heavy atom. The van der Waals surface area contributed by atoms with Gasteiger partial charge >= 0.3 is 0 Å². The van der Waals surface area contributed by atoms with Gasteiger partial charge in [-0.05, 0) is 42.5 Å². The molecule has 0 bridgehead atoms. The van der Waals surface area contributed by atoms with Gasteiger partial charge in [0, 0.05) is 27.7 Å². The average Bonchev–Trinajstić information content (AvgIpc) is 3.14. The van der Waals surface area contributed by atoms with Crippen LogP contribution in [0.5, 0.6) is 0 Å². The zero-order valence-corrected chi connectivity index (χ0v) is 17.1. The molecule has 6 nitrogen and oxygen atoms in total. The number of hydrazone groups is 1. The van der Waals surface area contributed by atoms with Crippen LogP contribution in [-0.2, 0) is 10.0 Å². The lowest BCUT2D eigenvalue weighted by atomic mass is 10.2. The molecule has 0 aliphatic rings. The number of nitrogens with one attached hydrogen (secondary N) is 1. The third kappa shape index (κ3) is 3.85. The Labute approximate surface area is 178 Å². The van der Waals surface area contributed by atoms with Gasteiger partial charge in [-0.1, -0.05) is 48.0 Å². The van der Waals surface area contributed by atoms with Gasteiger partial charge in [-0.2, -0.15) is 5.10 Å². The monoisotopic (exact) mass is 437 g/mol.